The van der Waals surface area contributed by atoms with Crippen LogP contribution in [0.3, 0.4) is 0 Å². The van der Waals surface area contributed by atoms with Crippen LogP contribution >= 0.6 is 11.6 Å². The van der Waals surface area contributed by atoms with Gasteiger partial charge in [0, 0.05) is 17.8 Å². The molecule has 0 aliphatic carbocycles. The minimum atomic E-state index is -0.616. The molecule has 0 radical (unpaired) electrons. The summed E-state index contributed by atoms with van der Waals surface area (Å²) < 4.78 is 5.40. The van der Waals surface area contributed by atoms with Gasteiger partial charge in [0.25, 0.3) is 17.7 Å². The van der Waals surface area contributed by atoms with Crippen molar-refractivity contribution in [3.05, 3.63) is 101 Å². The largest absolute Gasteiger partial charge is 0.494 e. The second kappa shape index (κ2) is 10.2. The topological polar surface area (TPSA) is 87.7 Å². The van der Waals surface area contributed by atoms with E-state index in [2.05, 4.69) is 10.6 Å². The zero-order valence-electron chi connectivity index (χ0n) is 18.4. The Morgan fingerprint density at radius 2 is 1.59 bits per heavy atom. The summed E-state index contributed by atoms with van der Waals surface area (Å²) in [5, 5.41) is 5.56. The first kappa shape index (κ1) is 23.1. The fourth-order valence-corrected chi connectivity index (χ4v) is 3.65. The van der Waals surface area contributed by atoms with Crippen molar-refractivity contribution in [1.82, 2.24) is 5.32 Å². The lowest BCUT2D eigenvalue weighted by Crippen LogP contribution is -2.32. The molecular weight excluding hydrogens is 454 g/mol. The van der Waals surface area contributed by atoms with Crippen LogP contribution in [0.25, 0.3) is 0 Å². The van der Waals surface area contributed by atoms with Crippen LogP contribution in [0.5, 0.6) is 5.75 Å². The number of anilines is 2. The molecule has 3 amide bonds. The van der Waals surface area contributed by atoms with Gasteiger partial charge in [-0.1, -0.05) is 41.9 Å². The first-order valence-electron chi connectivity index (χ1n) is 10.7. The monoisotopic (exact) mass is 475 g/mol. The number of amides is 3. The predicted molar refractivity (Wildman–Crippen MR) is 131 cm³/mol. The molecule has 1 aliphatic rings. The Kier molecular flexibility index (Phi) is 6.94. The molecule has 1 aliphatic heterocycles. The van der Waals surface area contributed by atoms with Crippen molar-refractivity contribution >= 4 is 40.7 Å². The first-order chi connectivity index (χ1) is 16.5. The molecule has 0 atom stereocenters. The van der Waals surface area contributed by atoms with E-state index in [0.29, 0.717) is 35.8 Å². The van der Waals surface area contributed by atoms with Crippen molar-refractivity contribution in [2.75, 3.05) is 16.8 Å². The lowest BCUT2D eigenvalue weighted by molar-refractivity contribution is -0.120. The molecule has 0 bridgehead atoms. The van der Waals surface area contributed by atoms with E-state index >= 15 is 0 Å². The SMILES string of the molecule is CCOc1ccc(N2C(=O)C(Cl)=C(Nc3ccc(C(=O)NCc4ccccc4)cc3)C2=O)cc1. The third kappa shape index (κ3) is 4.94. The van der Waals surface area contributed by atoms with Crippen LogP contribution in [0.4, 0.5) is 11.4 Å². The highest BCUT2D eigenvalue weighted by Crippen LogP contribution is 2.31. The summed E-state index contributed by atoms with van der Waals surface area (Å²) in [5.41, 5.74) is 2.34. The minimum absolute atomic E-state index is 0.0261. The zero-order chi connectivity index (χ0) is 24.1. The fourth-order valence-electron chi connectivity index (χ4n) is 3.43. The van der Waals surface area contributed by atoms with Gasteiger partial charge in [0.2, 0.25) is 0 Å². The summed E-state index contributed by atoms with van der Waals surface area (Å²) in [6, 6.07) is 22.8. The quantitative estimate of drug-likeness (QED) is 0.470. The first-order valence-corrected chi connectivity index (χ1v) is 11.1. The Bertz CT molecular complexity index is 1240. The number of hydrogen-bond donors (Lipinski definition) is 2. The summed E-state index contributed by atoms with van der Waals surface area (Å²) in [6.07, 6.45) is 0. The Labute approximate surface area is 202 Å². The highest BCUT2D eigenvalue weighted by molar-refractivity contribution is 6.53. The molecule has 34 heavy (non-hydrogen) atoms. The van der Waals surface area contributed by atoms with E-state index < -0.39 is 11.8 Å². The van der Waals surface area contributed by atoms with E-state index in [1.54, 1.807) is 48.5 Å². The summed E-state index contributed by atoms with van der Waals surface area (Å²) >= 11 is 6.20. The molecule has 7 nitrogen and oxygen atoms in total. The van der Waals surface area contributed by atoms with Crippen molar-refractivity contribution in [2.24, 2.45) is 0 Å². The van der Waals surface area contributed by atoms with Gasteiger partial charge in [-0.15, -0.1) is 0 Å². The molecule has 3 aromatic carbocycles. The average Bonchev–Trinajstić information content (AvgIpc) is 3.07. The van der Waals surface area contributed by atoms with E-state index in [0.717, 1.165) is 10.5 Å². The van der Waals surface area contributed by atoms with Crippen molar-refractivity contribution < 1.29 is 19.1 Å². The highest BCUT2D eigenvalue weighted by Gasteiger charge is 2.38. The predicted octanol–water partition coefficient (Wildman–Crippen LogP) is 4.45. The van der Waals surface area contributed by atoms with Crippen LogP contribution in [0.15, 0.2) is 89.6 Å². The Morgan fingerprint density at radius 1 is 0.912 bits per heavy atom. The van der Waals surface area contributed by atoms with Gasteiger partial charge in [-0.3, -0.25) is 14.4 Å². The van der Waals surface area contributed by atoms with Crippen LogP contribution in [0.1, 0.15) is 22.8 Å². The van der Waals surface area contributed by atoms with Crippen LogP contribution in [-0.2, 0) is 16.1 Å². The molecule has 0 spiro atoms. The highest BCUT2D eigenvalue weighted by atomic mass is 35.5. The number of benzene rings is 3. The number of imide groups is 1. The molecule has 3 aromatic rings. The number of nitrogens with zero attached hydrogens (tertiary/aromatic N) is 1. The second-order valence-corrected chi connectivity index (χ2v) is 7.81. The normalized spacial score (nSPS) is 13.3. The number of ether oxygens (including phenoxy) is 1. The average molecular weight is 476 g/mol. The van der Waals surface area contributed by atoms with Crippen LogP contribution in [0.2, 0.25) is 0 Å². The molecule has 172 valence electrons. The van der Waals surface area contributed by atoms with Gasteiger partial charge >= 0.3 is 0 Å². The van der Waals surface area contributed by atoms with Gasteiger partial charge in [-0.05, 0) is 61.0 Å². The molecule has 0 saturated carbocycles. The van der Waals surface area contributed by atoms with Gasteiger partial charge in [-0.2, -0.15) is 0 Å². The molecule has 4 rings (SSSR count). The number of carbonyl (C=O) groups excluding carboxylic acids is 3. The maximum Gasteiger partial charge on any atom is 0.283 e. The van der Waals surface area contributed by atoms with E-state index in [4.69, 9.17) is 16.3 Å². The van der Waals surface area contributed by atoms with Crippen LogP contribution < -0.4 is 20.3 Å². The lowest BCUT2D eigenvalue weighted by atomic mass is 10.1. The maximum absolute atomic E-state index is 12.9. The van der Waals surface area contributed by atoms with Crippen molar-refractivity contribution in [1.29, 1.82) is 0 Å². The van der Waals surface area contributed by atoms with Gasteiger partial charge in [0.1, 0.15) is 16.5 Å². The van der Waals surface area contributed by atoms with E-state index in [1.807, 2.05) is 37.3 Å². The molecule has 1 heterocycles. The molecule has 0 aromatic heterocycles. The van der Waals surface area contributed by atoms with Gasteiger partial charge < -0.3 is 15.4 Å². The van der Waals surface area contributed by atoms with Gasteiger partial charge in [0.05, 0.1) is 12.3 Å². The van der Waals surface area contributed by atoms with Gasteiger partial charge in [0.15, 0.2) is 0 Å². The molecule has 0 unspecified atom stereocenters. The maximum atomic E-state index is 12.9. The fraction of sp³-hybridized carbons (Fsp3) is 0.115. The molecule has 0 fully saturated rings. The number of rotatable bonds is 8. The summed E-state index contributed by atoms with van der Waals surface area (Å²) in [7, 11) is 0. The number of nitrogens with one attached hydrogen (secondary N) is 2. The van der Waals surface area contributed by atoms with Crippen LogP contribution in [0, 0.1) is 0 Å². The van der Waals surface area contributed by atoms with Crippen molar-refractivity contribution in [3.63, 3.8) is 0 Å². The number of hydrogen-bond acceptors (Lipinski definition) is 5. The third-order valence-electron chi connectivity index (χ3n) is 5.15. The van der Waals surface area contributed by atoms with E-state index in [1.165, 1.54) is 0 Å². The Balaban J connectivity index is 1.42. The molecule has 8 heteroatoms. The zero-order valence-corrected chi connectivity index (χ0v) is 19.1. The van der Waals surface area contributed by atoms with E-state index in [-0.39, 0.29) is 16.6 Å². The van der Waals surface area contributed by atoms with E-state index in [9.17, 15) is 14.4 Å². The number of carbonyl (C=O) groups is 3. The summed E-state index contributed by atoms with van der Waals surface area (Å²) in [4.78, 5) is 39.0. The van der Waals surface area contributed by atoms with Crippen molar-refractivity contribution in [2.45, 2.75) is 13.5 Å². The van der Waals surface area contributed by atoms with Crippen molar-refractivity contribution in [3.8, 4) is 5.75 Å². The van der Waals surface area contributed by atoms with Gasteiger partial charge in [-0.25, -0.2) is 4.90 Å². The minimum Gasteiger partial charge on any atom is -0.494 e. The summed E-state index contributed by atoms with van der Waals surface area (Å²) in [6.45, 7) is 2.79. The second-order valence-electron chi connectivity index (χ2n) is 7.43. The molecular formula is C26H22ClN3O4. The Hall–Kier alpha value is -4.10. The standard InChI is InChI=1S/C26H22ClN3O4/c1-2-34-21-14-12-20(13-15-21)30-25(32)22(27)23(26(30)33)29-19-10-8-18(9-11-19)24(31)28-16-17-6-4-3-5-7-17/h3-15,29H,2,16H2,1H3,(H,28,31). The smallest absolute Gasteiger partial charge is 0.283 e. The van der Waals surface area contributed by atoms with Crippen LogP contribution in [-0.4, -0.2) is 24.3 Å². The third-order valence-corrected chi connectivity index (χ3v) is 5.50. The lowest BCUT2D eigenvalue weighted by Gasteiger charge is -2.15. The number of halogens is 1. The molecule has 2 N–H and O–H groups in total. The Morgan fingerprint density at radius 3 is 2.24 bits per heavy atom. The summed E-state index contributed by atoms with van der Waals surface area (Å²) in [5.74, 6) is -0.767. The molecule has 0 saturated heterocycles.